The molecule has 0 spiro atoms. The Kier molecular flexibility index (Phi) is 4.43. The number of hydrogen-bond donors (Lipinski definition) is 0. The summed E-state index contributed by atoms with van der Waals surface area (Å²) in [6.45, 7) is 4.77. The van der Waals surface area contributed by atoms with Gasteiger partial charge in [0.2, 0.25) is 0 Å². The van der Waals surface area contributed by atoms with Crippen molar-refractivity contribution in [1.82, 2.24) is 9.13 Å². The molecular formula is C15H17N3O3. The summed E-state index contributed by atoms with van der Waals surface area (Å²) < 4.78 is 8.13. The number of nitriles is 1. The van der Waals surface area contributed by atoms with E-state index in [2.05, 4.69) is 0 Å². The monoisotopic (exact) mass is 287 g/mol. The Morgan fingerprint density at radius 1 is 1.29 bits per heavy atom. The lowest BCUT2D eigenvalue weighted by atomic mass is 10.2. The average Bonchev–Trinajstić information content (AvgIpc) is 2.75. The lowest BCUT2D eigenvalue weighted by molar-refractivity contribution is 0.0526. The Bertz CT molecular complexity index is 765. The molecule has 0 unspecified atom stereocenters. The predicted octanol–water partition coefficient (Wildman–Crippen LogP) is 1.91. The zero-order chi connectivity index (χ0) is 15.4. The van der Waals surface area contributed by atoms with Crippen LogP contribution in [0.25, 0.3) is 11.0 Å². The minimum atomic E-state index is -0.414. The van der Waals surface area contributed by atoms with E-state index in [0.717, 1.165) is 5.52 Å². The fraction of sp³-hybridized carbons (Fsp3) is 0.400. The molecule has 0 aliphatic heterocycles. The van der Waals surface area contributed by atoms with Crippen molar-refractivity contribution < 1.29 is 9.53 Å². The van der Waals surface area contributed by atoms with Crippen molar-refractivity contribution in [2.24, 2.45) is 0 Å². The average molecular weight is 287 g/mol. The molecule has 1 aromatic heterocycles. The molecule has 0 amide bonds. The van der Waals surface area contributed by atoms with Crippen molar-refractivity contribution >= 4 is 17.0 Å². The van der Waals surface area contributed by atoms with Crippen molar-refractivity contribution in [3.8, 4) is 6.07 Å². The van der Waals surface area contributed by atoms with Crippen molar-refractivity contribution in [3.05, 3.63) is 34.2 Å². The number of carbonyl (C=O) groups excluding carboxylic acids is 1. The second kappa shape index (κ2) is 6.27. The van der Waals surface area contributed by atoms with E-state index in [9.17, 15) is 9.59 Å². The summed E-state index contributed by atoms with van der Waals surface area (Å²) in [6, 6.07) is 7.08. The minimum absolute atomic E-state index is 0.163. The molecule has 0 fully saturated rings. The van der Waals surface area contributed by atoms with E-state index >= 15 is 0 Å². The van der Waals surface area contributed by atoms with Crippen molar-refractivity contribution in [2.75, 3.05) is 6.61 Å². The number of esters is 1. The maximum atomic E-state index is 12.3. The van der Waals surface area contributed by atoms with E-state index in [0.29, 0.717) is 30.8 Å². The van der Waals surface area contributed by atoms with Gasteiger partial charge in [-0.1, -0.05) is 0 Å². The van der Waals surface area contributed by atoms with Crippen LogP contribution in [0.4, 0.5) is 0 Å². The zero-order valence-corrected chi connectivity index (χ0v) is 12.1. The molecule has 0 N–H and O–H groups in total. The molecule has 6 nitrogen and oxygen atoms in total. The molecule has 21 heavy (non-hydrogen) atoms. The number of hydrogen-bond acceptors (Lipinski definition) is 4. The van der Waals surface area contributed by atoms with Gasteiger partial charge in [-0.05, 0) is 32.0 Å². The van der Waals surface area contributed by atoms with Gasteiger partial charge in [-0.2, -0.15) is 5.26 Å². The SMILES string of the molecule is CCOC(=O)c1ccc2c(c1)n(CCC#N)c(=O)n2CC. The van der Waals surface area contributed by atoms with Gasteiger partial charge in [-0.25, -0.2) is 9.59 Å². The van der Waals surface area contributed by atoms with Gasteiger partial charge in [-0.15, -0.1) is 0 Å². The summed E-state index contributed by atoms with van der Waals surface area (Å²) >= 11 is 0. The number of nitrogens with zero attached hydrogens (tertiary/aromatic N) is 3. The van der Waals surface area contributed by atoms with Crippen molar-refractivity contribution in [1.29, 1.82) is 5.26 Å². The summed E-state index contributed by atoms with van der Waals surface area (Å²) in [4.78, 5) is 24.1. The molecule has 1 aromatic carbocycles. The predicted molar refractivity (Wildman–Crippen MR) is 78.1 cm³/mol. The summed E-state index contributed by atoms with van der Waals surface area (Å²) in [5.41, 5.74) is 1.66. The number of imidazole rings is 1. The standard InChI is InChI=1S/C15H17N3O3/c1-3-17-12-7-6-11(14(19)21-4-2)10-13(12)18(15(17)20)9-5-8-16/h6-7,10H,3-5,9H2,1-2H3. The van der Waals surface area contributed by atoms with Gasteiger partial charge in [0.05, 0.1) is 35.7 Å². The normalized spacial score (nSPS) is 10.5. The van der Waals surface area contributed by atoms with E-state index in [1.807, 2.05) is 13.0 Å². The van der Waals surface area contributed by atoms with Crippen LogP contribution in [0.5, 0.6) is 0 Å². The molecule has 2 rings (SSSR count). The number of ether oxygens (including phenoxy) is 1. The van der Waals surface area contributed by atoms with Crippen LogP contribution >= 0.6 is 0 Å². The van der Waals surface area contributed by atoms with E-state index in [-0.39, 0.29) is 12.1 Å². The van der Waals surface area contributed by atoms with E-state index in [1.165, 1.54) is 4.57 Å². The molecule has 2 aromatic rings. The van der Waals surface area contributed by atoms with E-state index in [1.54, 1.807) is 29.7 Å². The highest BCUT2D eigenvalue weighted by atomic mass is 16.5. The first kappa shape index (κ1) is 14.9. The third-order valence-corrected chi connectivity index (χ3v) is 3.29. The fourth-order valence-corrected chi connectivity index (χ4v) is 2.34. The Morgan fingerprint density at radius 3 is 2.67 bits per heavy atom. The smallest absolute Gasteiger partial charge is 0.338 e. The maximum Gasteiger partial charge on any atom is 0.338 e. The lowest BCUT2D eigenvalue weighted by Crippen LogP contribution is -2.23. The van der Waals surface area contributed by atoms with Crippen molar-refractivity contribution in [2.45, 2.75) is 33.4 Å². The molecule has 0 radical (unpaired) electrons. The first-order chi connectivity index (χ1) is 10.1. The number of benzene rings is 1. The minimum Gasteiger partial charge on any atom is -0.462 e. The van der Waals surface area contributed by atoms with Crippen LogP contribution in [-0.4, -0.2) is 21.7 Å². The Balaban J connectivity index is 2.61. The Hall–Kier alpha value is -2.55. The van der Waals surface area contributed by atoms with Gasteiger partial charge in [0, 0.05) is 13.1 Å². The quantitative estimate of drug-likeness (QED) is 0.787. The molecule has 0 atom stereocenters. The molecule has 0 aliphatic rings. The highest BCUT2D eigenvalue weighted by Crippen LogP contribution is 2.17. The zero-order valence-electron chi connectivity index (χ0n) is 12.1. The summed E-state index contributed by atoms with van der Waals surface area (Å²) in [5.74, 6) is -0.414. The van der Waals surface area contributed by atoms with Crippen LogP contribution in [0.3, 0.4) is 0 Å². The van der Waals surface area contributed by atoms with Gasteiger partial charge in [0.1, 0.15) is 0 Å². The number of fused-ring (bicyclic) bond motifs is 1. The second-order valence-electron chi connectivity index (χ2n) is 4.51. The molecule has 1 heterocycles. The molecular weight excluding hydrogens is 270 g/mol. The van der Waals surface area contributed by atoms with E-state index < -0.39 is 5.97 Å². The Morgan fingerprint density at radius 2 is 2.05 bits per heavy atom. The van der Waals surface area contributed by atoms with E-state index in [4.69, 9.17) is 10.00 Å². The highest BCUT2D eigenvalue weighted by molar-refractivity contribution is 5.93. The topological polar surface area (TPSA) is 77.0 Å². The molecule has 6 heteroatoms. The van der Waals surface area contributed by atoms with Crippen LogP contribution in [0.2, 0.25) is 0 Å². The lowest BCUT2D eigenvalue weighted by Gasteiger charge is -2.04. The van der Waals surface area contributed by atoms with Gasteiger partial charge >= 0.3 is 11.7 Å². The number of aryl methyl sites for hydroxylation is 2. The molecule has 0 saturated carbocycles. The number of rotatable bonds is 5. The van der Waals surface area contributed by atoms with Crippen LogP contribution in [0, 0.1) is 11.3 Å². The number of carbonyl (C=O) groups is 1. The number of aromatic nitrogens is 2. The first-order valence-electron chi connectivity index (χ1n) is 6.91. The van der Waals surface area contributed by atoms with Gasteiger partial charge < -0.3 is 4.74 Å². The van der Waals surface area contributed by atoms with Gasteiger partial charge in [0.25, 0.3) is 0 Å². The highest BCUT2D eigenvalue weighted by Gasteiger charge is 2.15. The molecule has 110 valence electrons. The third kappa shape index (κ3) is 2.68. The maximum absolute atomic E-state index is 12.3. The molecule has 0 bridgehead atoms. The van der Waals surface area contributed by atoms with Crippen LogP contribution < -0.4 is 5.69 Å². The van der Waals surface area contributed by atoms with Gasteiger partial charge in [0.15, 0.2) is 0 Å². The van der Waals surface area contributed by atoms with Crippen LogP contribution in [-0.2, 0) is 17.8 Å². The summed E-state index contributed by atoms with van der Waals surface area (Å²) in [5, 5.41) is 8.72. The Labute approximate surface area is 122 Å². The fourth-order valence-electron chi connectivity index (χ4n) is 2.34. The molecule has 0 saturated heterocycles. The largest absolute Gasteiger partial charge is 0.462 e. The van der Waals surface area contributed by atoms with Crippen LogP contribution in [0.1, 0.15) is 30.6 Å². The summed E-state index contributed by atoms with van der Waals surface area (Å²) in [7, 11) is 0. The molecule has 0 aliphatic carbocycles. The van der Waals surface area contributed by atoms with Crippen molar-refractivity contribution in [3.63, 3.8) is 0 Å². The summed E-state index contributed by atoms with van der Waals surface area (Å²) in [6.07, 6.45) is 0.242. The first-order valence-corrected chi connectivity index (χ1v) is 6.91. The third-order valence-electron chi connectivity index (χ3n) is 3.29. The van der Waals surface area contributed by atoms with Gasteiger partial charge in [-0.3, -0.25) is 9.13 Å². The van der Waals surface area contributed by atoms with Crippen LogP contribution in [0.15, 0.2) is 23.0 Å². The second-order valence-corrected chi connectivity index (χ2v) is 4.51.